The number of benzene rings is 2. The third kappa shape index (κ3) is 4.14. The van der Waals surface area contributed by atoms with Crippen LogP contribution in [0.3, 0.4) is 0 Å². The lowest BCUT2D eigenvalue weighted by molar-refractivity contribution is -0.132. The van der Waals surface area contributed by atoms with Crippen LogP contribution in [0.15, 0.2) is 42.5 Å². The van der Waals surface area contributed by atoms with E-state index in [2.05, 4.69) is 6.07 Å². The van der Waals surface area contributed by atoms with Gasteiger partial charge >= 0.3 is 0 Å². The Balaban J connectivity index is 1.24. The van der Waals surface area contributed by atoms with Gasteiger partial charge in [0.2, 0.25) is 5.91 Å². The van der Waals surface area contributed by atoms with Crippen molar-refractivity contribution >= 4 is 33.2 Å². The minimum atomic E-state index is -0.0558. The third-order valence-corrected chi connectivity index (χ3v) is 6.94. The highest BCUT2D eigenvalue weighted by atomic mass is 32.1. The number of likely N-dealkylation sites (tertiary alicyclic amines) is 1. The molecule has 0 spiro atoms. The van der Waals surface area contributed by atoms with E-state index in [1.54, 1.807) is 29.5 Å². The molecule has 2 aliphatic rings. The first-order valence-electron chi connectivity index (χ1n) is 10.8. The number of amides is 1. The molecule has 0 bridgehead atoms. The topological polar surface area (TPSA) is 68.7 Å². The predicted molar refractivity (Wildman–Crippen MR) is 119 cm³/mol. The third-order valence-electron chi connectivity index (χ3n) is 5.80. The Kier molecular flexibility index (Phi) is 5.59. The van der Waals surface area contributed by atoms with Crippen molar-refractivity contribution in [1.29, 1.82) is 0 Å². The van der Waals surface area contributed by atoms with Gasteiger partial charge in [-0.25, -0.2) is 4.98 Å². The van der Waals surface area contributed by atoms with Gasteiger partial charge in [0.05, 0.1) is 29.5 Å². The molecule has 2 aromatic carbocycles. The fourth-order valence-corrected chi connectivity index (χ4v) is 5.31. The van der Waals surface area contributed by atoms with Gasteiger partial charge in [-0.3, -0.25) is 9.59 Å². The maximum absolute atomic E-state index is 13.0. The molecule has 0 unspecified atom stereocenters. The largest absolute Gasteiger partial charge is 0.490 e. The number of carbonyl (C=O) groups is 2. The molecular formula is C24H24N2O4S. The second-order valence-corrected chi connectivity index (χ2v) is 8.96. The summed E-state index contributed by atoms with van der Waals surface area (Å²) in [5.74, 6) is 1.23. The molecule has 5 rings (SSSR count). The number of fused-ring (bicyclic) bond motifs is 2. The fraction of sp³-hybridized carbons (Fsp3) is 0.375. The molecule has 0 radical (unpaired) electrons. The Morgan fingerprint density at radius 3 is 2.74 bits per heavy atom. The summed E-state index contributed by atoms with van der Waals surface area (Å²) in [4.78, 5) is 32.3. The first-order chi connectivity index (χ1) is 15.2. The number of thiazole rings is 1. The van der Waals surface area contributed by atoms with E-state index in [4.69, 9.17) is 14.5 Å². The van der Waals surface area contributed by atoms with Crippen molar-refractivity contribution in [3.8, 4) is 11.5 Å². The van der Waals surface area contributed by atoms with Gasteiger partial charge < -0.3 is 14.4 Å². The summed E-state index contributed by atoms with van der Waals surface area (Å²) >= 11 is 1.65. The predicted octanol–water partition coefficient (Wildman–Crippen LogP) is 4.78. The Hall–Kier alpha value is -2.93. The Morgan fingerprint density at radius 2 is 1.87 bits per heavy atom. The molecule has 1 saturated heterocycles. The lowest BCUT2D eigenvalue weighted by atomic mass is 10.1. The number of ketones is 1. The van der Waals surface area contributed by atoms with Crippen molar-refractivity contribution in [2.45, 2.75) is 38.1 Å². The minimum absolute atomic E-state index is 0.0121. The minimum Gasteiger partial charge on any atom is -0.490 e. The van der Waals surface area contributed by atoms with Crippen LogP contribution >= 0.6 is 11.3 Å². The number of aromatic nitrogens is 1. The average molecular weight is 437 g/mol. The van der Waals surface area contributed by atoms with Crippen molar-refractivity contribution in [1.82, 2.24) is 9.88 Å². The quantitative estimate of drug-likeness (QED) is 0.538. The van der Waals surface area contributed by atoms with Gasteiger partial charge in [0.15, 0.2) is 17.3 Å². The zero-order valence-electron chi connectivity index (χ0n) is 17.2. The highest BCUT2D eigenvalue weighted by molar-refractivity contribution is 7.18. The van der Waals surface area contributed by atoms with Gasteiger partial charge in [-0.15, -0.1) is 11.3 Å². The molecule has 3 heterocycles. The van der Waals surface area contributed by atoms with E-state index < -0.39 is 0 Å². The van der Waals surface area contributed by atoms with E-state index in [1.807, 2.05) is 23.1 Å². The van der Waals surface area contributed by atoms with Crippen LogP contribution in [0.2, 0.25) is 0 Å². The average Bonchev–Trinajstić information content (AvgIpc) is 3.38. The summed E-state index contributed by atoms with van der Waals surface area (Å²) in [6.45, 7) is 1.91. The molecule has 1 aromatic heterocycles. The molecule has 1 atom stereocenters. The zero-order chi connectivity index (χ0) is 21.2. The van der Waals surface area contributed by atoms with E-state index in [-0.39, 0.29) is 30.6 Å². The molecule has 1 fully saturated rings. The molecule has 0 N–H and O–H groups in total. The lowest BCUT2D eigenvalue weighted by Crippen LogP contribution is -2.30. The lowest BCUT2D eigenvalue weighted by Gasteiger charge is -2.23. The van der Waals surface area contributed by atoms with Crippen molar-refractivity contribution in [3.05, 3.63) is 53.0 Å². The number of hydrogen-bond donors (Lipinski definition) is 0. The number of hydrogen-bond acceptors (Lipinski definition) is 6. The molecule has 3 aromatic rings. The summed E-state index contributed by atoms with van der Waals surface area (Å²) in [5, 5.41) is 0.987. The molecule has 0 aliphatic carbocycles. The highest BCUT2D eigenvalue weighted by Gasteiger charge is 2.32. The number of nitrogens with zero attached hydrogens (tertiary/aromatic N) is 2. The summed E-state index contributed by atoms with van der Waals surface area (Å²) in [6.07, 6.45) is 3.08. The molecule has 2 aliphatic heterocycles. The SMILES string of the molecule is O=C(CCC(=O)N1CCC[C@@H]1c1nc2ccccc2s1)c1ccc2c(c1)OCCCO2. The van der Waals surface area contributed by atoms with Gasteiger partial charge in [0.1, 0.15) is 5.01 Å². The molecular weight excluding hydrogens is 412 g/mol. The van der Waals surface area contributed by atoms with E-state index in [0.717, 1.165) is 41.0 Å². The molecule has 160 valence electrons. The standard InChI is InChI=1S/C24H24N2O4S/c27-19(16-8-10-20-21(15-16)30-14-4-13-29-20)9-11-23(28)26-12-3-6-18(26)24-25-17-5-1-2-7-22(17)31-24/h1-2,5,7-8,10,15,18H,3-4,6,9,11-14H2/t18-/m1/s1. The van der Waals surface area contributed by atoms with E-state index >= 15 is 0 Å². The number of rotatable bonds is 5. The van der Waals surface area contributed by atoms with Gasteiger partial charge in [-0.1, -0.05) is 12.1 Å². The van der Waals surface area contributed by atoms with Gasteiger partial charge in [-0.2, -0.15) is 0 Å². The summed E-state index contributed by atoms with van der Waals surface area (Å²) in [5.41, 5.74) is 1.53. The van der Waals surface area contributed by atoms with Crippen molar-refractivity contribution in [2.24, 2.45) is 0 Å². The Bertz CT molecular complexity index is 1090. The van der Waals surface area contributed by atoms with Crippen LogP contribution in [0.5, 0.6) is 11.5 Å². The van der Waals surface area contributed by atoms with Gasteiger partial charge in [0.25, 0.3) is 0 Å². The number of para-hydroxylation sites is 1. The Labute approximate surface area is 184 Å². The fourth-order valence-electron chi connectivity index (χ4n) is 4.20. The number of Topliss-reactive ketones (excluding diaryl/α,β-unsaturated/α-hetero) is 1. The van der Waals surface area contributed by atoms with Crippen LogP contribution in [0.25, 0.3) is 10.2 Å². The molecule has 31 heavy (non-hydrogen) atoms. The monoisotopic (exact) mass is 436 g/mol. The highest BCUT2D eigenvalue weighted by Crippen LogP contribution is 2.37. The second-order valence-electron chi connectivity index (χ2n) is 7.90. The first kappa shape index (κ1) is 20.0. The second kappa shape index (κ2) is 8.67. The first-order valence-corrected chi connectivity index (χ1v) is 11.6. The molecule has 7 heteroatoms. The maximum atomic E-state index is 13.0. The van der Waals surface area contributed by atoms with Crippen LogP contribution in [-0.4, -0.2) is 41.3 Å². The van der Waals surface area contributed by atoms with Crippen LogP contribution in [0.1, 0.15) is 53.5 Å². The number of carbonyl (C=O) groups excluding carboxylic acids is 2. The van der Waals surface area contributed by atoms with Crippen LogP contribution in [0.4, 0.5) is 0 Å². The van der Waals surface area contributed by atoms with Gasteiger partial charge in [-0.05, 0) is 43.2 Å². The van der Waals surface area contributed by atoms with Crippen molar-refractivity contribution in [2.75, 3.05) is 19.8 Å². The van der Waals surface area contributed by atoms with E-state index in [9.17, 15) is 9.59 Å². The Morgan fingerprint density at radius 1 is 1.03 bits per heavy atom. The maximum Gasteiger partial charge on any atom is 0.223 e. The molecule has 0 saturated carbocycles. The van der Waals surface area contributed by atoms with Gasteiger partial charge in [0, 0.05) is 31.4 Å². The number of ether oxygens (including phenoxy) is 2. The summed E-state index contributed by atoms with van der Waals surface area (Å²) < 4.78 is 12.4. The summed E-state index contributed by atoms with van der Waals surface area (Å²) in [6, 6.07) is 13.3. The van der Waals surface area contributed by atoms with Crippen LogP contribution in [-0.2, 0) is 4.79 Å². The van der Waals surface area contributed by atoms with Crippen LogP contribution in [0, 0.1) is 0 Å². The van der Waals surface area contributed by atoms with E-state index in [1.165, 1.54) is 0 Å². The van der Waals surface area contributed by atoms with Crippen molar-refractivity contribution < 1.29 is 19.1 Å². The molecule has 1 amide bonds. The van der Waals surface area contributed by atoms with E-state index in [0.29, 0.717) is 30.3 Å². The van der Waals surface area contributed by atoms with Crippen LogP contribution < -0.4 is 9.47 Å². The summed E-state index contributed by atoms with van der Waals surface area (Å²) in [7, 11) is 0. The zero-order valence-corrected chi connectivity index (χ0v) is 18.0. The smallest absolute Gasteiger partial charge is 0.223 e. The normalized spacial score (nSPS) is 18.2. The van der Waals surface area contributed by atoms with Crippen molar-refractivity contribution in [3.63, 3.8) is 0 Å². The molecule has 6 nitrogen and oxygen atoms in total.